The van der Waals surface area contributed by atoms with E-state index in [1.165, 1.54) is 32.1 Å². The number of hydrogen-bond donors (Lipinski definition) is 2. The number of carbonyl (C=O) groups is 1. The van der Waals surface area contributed by atoms with E-state index in [9.17, 15) is 4.79 Å². The van der Waals surface area contributed by atoms with Crippen molar-refractivity contribution in [2.45, 2.75) is 44.9 Å². The van der Waals surface area contributed by atoms with Gasteiger partial charge in [-0.1, -0.05) is 19.3 Å². The molecule has 1 unspecified atom stereocenters. The summed E-state index contributed by atoms with van der Waals surface area (Å²) in [6.07, 6.45) is 8.05. The van der Waals surface area contributed by atoms with E-state index in [2.05, 4.69) is 17.4 Å². The minimum Gasteiger partial charge on any atom is -0.306 e. The quantitative estimate of drug-likeness (QED) is 0.433. The Hall–Kier alpha value is -0.610. The second-order valence-corrected chi connectivity index (χ2v) is 5.79. The largest absolute Gasteiger partial charge is 0.306 e. The van der Waals surface area contributed by atoms with E-state index in [1.807, 2.05) is 0 Å². The van der Waals surface area contributed by atoms with Crippen LogP contribution >= 0.6 is 0 Å². The normalized spacial score (nSPS) is 29.9. The van der Waals surface area contributed by atoms with Gasteiger partial charge in [0.1, 0.15) is 0 Å². The maximum absolute atomic E-state index is 12.2. The van der Waals surface area contributed by atoms with Crippen LogP contribution in [0.1, 0.15) is 44.9 Å². The first-order valence-electron chi connectivity index (χ1n) is 6.88. The highest BCUT2D eigenvalue weighted by atomic mass is 16.2. The zero-order chi connectivity index (χ0) is 12.3. The fourth-order valence-electron chi connectivity index (χ4n) is 3.76. The zero-order valence-corrected chi connectivity index (χ0v) is 10.9. The minimum absolute atomic E-state index is 0.0810. The van der Waals surface area contributed by atoms with Gasteiger partial charge in [0, 0.05) is 6.54 Å². The van der Waals surface area contributed by atoms with E-state index in [4.69, 9.17) is 5.84 Å². The SMILES string of the molecule is CN1CCCC(C2(C(=O)NN)CCCCC2)C1. The van der Waals surface area contributed by atoms with Gasteiger partial charge in [0.15, 0.2) is 0 Å². The molecule has 1 heterocycles. The fourth-order valence-corrected chi connectivity index (χ4v) is 3.76. The third-order valence-electron chi connectivity index (χ3n) is 4.74. The lowest BCUT2D eigenvalue weighted by molar-refractivity contribution is -0.138. The highest BCUT2D eigenvalue weighted by Gasteiger charge is 2.46. The minimum atomic E-state index is -0.179. The molecule has 4 nitrogen and oxygen atoms in total. The first kappa shape index (κ1) is 12.8. The first-order chi connectivity index (χ1) is 8.19. The summed E-state index contributed by atoms with van der Waals surface area (Å²) in [4.78, 5) is 14.6. The second kappa shape index (κ2) is 5.36. The first-order valence-corrected chi connectivity index (χ1v) is 6.88. The second-order valence-electron chi connectivity index (χ2n) is 5.79. The van der Waals surface area contributed by atoms with Crippen molar-refractivity contribution in [3.8, 4) is 0 Å². The molecule has 0 radical (unpaired) electrons. The van der Waals surface area contributed by atoms with Gasteiger partial charge in [-0.3, -0.25) is 10.2 Å². The smallest absolute Gasteiger partial charge is 0.240 e. The van der Waals surface area contributed by atoms with Crippen molar-refractivity contribution in [2.75, 3.05) is 20.1 Å². The van der Waals surface area contributed by atoms with E-state index < -0.39 is 0 Å². The summed E-state index contributed by atoms with van der Waals surface area (Å²) in [6, 6.07) is 0. The zero-order valence-electron chi connectivity index (χ0n) is 10.9. The number of carbonyl (C=O) groups excluding carboxylic acids is 1. The lowest BCUT2D eigenvalue weighted by atomic mass is 9.63. The van der Waals surface area contributed by atoms with E-state index >= 15 is 0 Å². The number of nitrogens with zero attached hydrogens (tertiary/aromatic N) is 1. The lowest BCUT2D eigenvalue weighted by Crippen LogP contribution is -2.53. The molecule has 0 spiro atoms. The molecule has 1 saturated carbocycles. The Labute approximate surface area is 104 Å². The molecule has 2 fully saturated rings. The van der Waals surface area contributed by atoms with Gasteiger partial charge in [-0.25, -0.2) is 5.84 Å². The topological polar surface area (TPSA) is 58.4 Å². The molecule has 17 heavy (non-hydrogen) atoms. The lowest BCUT2D eigenvalue weighted by Gasteiger charge is -2.45. The van der Waals surface area contributed by atoms with Crippen LogP contribution in [0.25, 0.3) is 0 Å². The van der Waals surface area contributed by atoms with Gasteiger partial charge >= 0.3 is 0 Å². The third-order valence-corrected chi connectivity index (χ3v) is 4.74. The van der Waals surface area contributed by atoms with Crippen molar-refractivity contribution in [3.63, 3.8) is 0 Å². The van der Waals surface area contributed by atoms with Gasteiger partial charge in [-0.2, -0.15) is 0 Å². The van der Waals surface area contributed by atoms with Crippen LogP contribution in [0.5, 0.6) is 0 Å². The Morgan fingerprint density at radius 2 is 2.00 bits per heavy atom. The average molecular weight is 239 g/mol. The van der Waals surface area contributed by atoms with Gasteiger partial charge in [-0.15, -0.1) is 0 Å². The molecular weight excluding hydrogens is 214 g/mol. The number of nitrogens with two attached hydrogens (primary N) is 1. The van der Waals surface area contributed by atoms with Crippen LogP contribution in [0.15, 0.2) is 0 Å². The molecule has 98 valence electrons. The van der Waals surface area contributed by atoms with Gasteiger partial charge in [0.05, 0.1) is 5.41 Å². The van der Waals surface area contributed by atoms with Gasteiger partial charge in [0.2, 0.25) is 5.91 Å². The Kier molecular flexibility index (Phi) is 4.05. The molecule has 1 aliphatic heterocycles. The van der Waals surface area contributed by atoms with Gasteiger partial charge in [-0.05, 0) is 45.2 Å². The highest BCUT2D eigenvalue weighted by molar-refractivity contribution is 5.82. The molecule has 1 atom stereocenters. The number of nitrogens with one attached hydrogen (secondary N) is 1. The maximum atomic E-state index is 12.2. The molecule has 2 aliphatic rings. The Balaban J connectivity index is 2.16. The summed E-state index contributed by atoms with van der Waals surface area (Å²) in [5.41, 5.74) is 2.25. The summed E-state index contributed by atoms with van der Waals surface area (Å²) in [6.45, 7) is 2.21. The molecule has 0 aromatic rings. The summed E-state index contributed by atoms with van der Waals surface area (Å²) >= 11 is 0. The van der Waals surface area contributed by atoms with Crippen LogP contribution in [0.4, 0.5) is 0 Å². The van der Waals surface area contributed by atoms with Crippen molar-refractivity contribution in [3.05, 3.63) is 0 Å². The molecule has 0 aromatic carbocycles. The standard InChI is InChI=1S/C13H25N3O/c1-16-9-5-6-11(10-16)13(12(17)15-14)7-3-2-4-8-13/h11H,2-10,14H2,1H3,(H,15,17). The summed E-state index contributed by atoms with van der Waals surface area (Å²) in [5.74, 6) is 5.99. The Morgan fingerprint density at radius 1 is 1.29 bits per heavy atom. The van der Waals surface area contributed by atoms with Gasteiger partial charge < -0.3 is 4.90 Å². The summed E-state index contributed by atoms with van der Waals surface area (Å²) in [7, 11) is 2.16. The number of piperidine rings is 1. The number of hydrazine groups is 1. The van der Waals surface area contributed by atoms with E-state index in [0.717, 1.165) is 25.9 Å². The monoisotopic (exact) mass is 239 g/mol. The average Bonchev–Trinajstić information content (AvgIpc) is 2.38. The molecule has 1 saturated heterocycles. The van der Waals surface area contributed by atoms with Gasteiger partial charge in [0.25, 0.3) is 0 Å². The van der Waals surface area contributed by atoms with Crippen molar-refractivity contribution >= 4 is 5.91 Å². The molecule has 1 aliphatic carbocycles. The molecule has 0 aromatic heterocycles. The molecular formula is C13H25N3O. The summed E-state index contributed by atoms with van der Waals surface area (Å²) < 4.78 is 0. The van der Waals surface area contributed by atoms with E-state index in [-0.39, 0.29) is 11.3 Å². The predicted octanol–water partition coefficient (Wildman–Crippen LogP) is 1.27. The number of amides is 1. The van der Waals surface area contributed by atoms with Crippen LogP contribution in [0, 0.1) is 11.3 Å². The third kappa shape index (κ3) is 2.47. The predicted molar refractivity (Wildman–Crippen MR) is 68.1 cm³/mol. The highest BCUT2D eigenvalue weighted by Crippen LogP contribution is 2.45. The van der Waals surface area contributed by atoms with E-state index in [1.54, 1.807) is 0 Å². The molecule has 1 amide bonds. The number of rotatable bonds is 2. The maximum Gasteiger partial charge on any atom is 0.240 e. The van der Waals surface area contributed by atoms with Crippen molar-refractivity contribution in [1.82, 2.24) is 10.3 Å². The molecule has 4 heteroatoms. The molecule has 0 bridgehead atoms. The fraction of sp³-hybridized carbons (Fsp3) is 0.923. The van der Waals surface area contributed by atoms with Crippen LogP contribution in [0.3, 0.4) is 0 Å². The van der Waals surface area contributed by atoms with Crippen LogP contribution in [0.2, 0.25) is 0 Å². The van der Waals surface area contributed by atoms with Crippen molar-refractivity contribution in [1.29, 1.82) is 0 Å². The number of hydrogen-bond acceptors (Lipinski definition) is 3. The Bertz CT molecular complexity index is 274. The van der Waals surface area contributed by atoms with Crippen LogP contribution in [-0.2, 0) is 4.79 Å². The Morgan fingerprint density at radius 3 is 2.59 bits per heavy atom. The van der Waals surface area contributed by atoms with Crippen molar-refractivity contribution in [2.24, 2.45) is 17.2 Å². The van der Waals surface area contributed by atoms with E-state index in [0.29, 0.717) is 5.92 Å². The van der Waals surface area contributed by atoms with Crippen LogP contribution < -0.4 is 11.3 Å². The molecule has 2 rings (SSSR count). The van der Waals surface area contributed by atoms with Crippen molar-refractivity contribution < 1.29 is 4.79 Å². The van der Waals surface area contributed by atoms with Crippen LogP contribution in [-0.4, -0.2) is 30.9 Å². The summed E-state index contributed by atoms with van der Waals surface area (Å²) in [5, 5.41) is 0. The molecule has 3 N–H and O–H groups in total. The number of likely N-dealkylation sites (tertiary alicyclic amines) is 1.